The molecule has 4 heteroatoms. The molecule has 2 N–H and O–H groups in total. The van der Waals surface area contributed by atoms with Gasteiger partial charge in [-0.15, -0.1) is 11.3 Å². The van der Waals surface area contributed by atoms with Gasteiger partial charge < -0.3 is 5.73 Å². The molecular weight excluding hydrogens is 194 g/mol. The van der Waals surface area contributed by atoms with E-state index in [9.17, 15) is 0 Å². The summed E-state index contributed by atoms with van der Waals surface area (Å²) in [7, 11) is 2.12. The Labute approximate surface area is 89.9 Å². The van der Waals surface area contributed by atoms with E-state index in [1.54, 1.807) is 11.3 Å². The van der Waals surface area contributed by atoms with E-state index in [1.807, 2.05) is 0 Å². The molecule has 0 saturated heterocycles. The van der Waals surface area contributed by atoms with Gasteiger partial charge in [0.1, 0.15) is 0 Å². The van der Waals surface area contributed by atoms with Crippen LogP contribution in [0, 0.1) is 0 Å². The molecule has 0 radical (unpaired) electrons. The third kappa shape index (κ3) is 3.36. The van der Waals surface area contributed by atoms with Crippen molar-refractivity contribution in [2.24, 2.45) is 5.73 Å². The molecule has 0 amide bonds. The smallest absolute Gasteiger partial charge is 0.0941 e. The van der Waals surface area contributed by atoms with Crippen LogP contribution in [0.3, 0.4) is 0 Å². The van der Waals surface area contributed by atoms with Crippen molar-refractivity contribution in [3.8, 4) is 0 Å². The van der Waals surface area contributed by atoms with Gasteiger partial charge in [0, 0.05) is 24.4 Å². The van der Waals surface area contributed by atoms with Gasteiger partial charge in [0.05, 0.1) is 10.7 Å². The Hall–Kier alpha value is -0.450. The first-order chi connectivity index (χ1) is 6.63. The fourth-order valence-corrected chi connectivity index (χ4v) is 1.90. The van der Waals surface area contributed by atoms with Crippen LogP contribution in [-0.4, -0.2) is 29.5 Å². The zero-order valence-electron chi connectivity index (χ0n) is 9.16. The summed E-state index contributed by atoms with van der Waals surface area (Å²) in [6.07, 6.45) is 0.899. The lowest BCUT2D eigenvalue weighted by molar-refractivity contribution is 0.263. The number of rotatable bonds is 5. The van der Waals surface area contributed by atoms with Crippen molar-refractivity contribution in [3.05, 3.63) is 16.1 Å². The summed E-state index contributed by atoms with van der Waals surface area (Å²) in [5, 5.41) is 3.28. The third-order valence-corrected chi connectivity index (χ3v) is 3.21. The van der Waals surface area contributed by atoms with E-state index in [2.05, 4.69) is 36.2 Å². The number of hydrogen-bond donors (Lipinski definition) is 1. The van der Waals surface area contributed by atoms with E-state index in [4.69, 9.17) is 5.73 Å². The molecule has 0 aliphatic heterocycles. The fraction of sp³-hybridized carbons (Fsp3) is 0.700. The van der Waals surface area contributed by atoms with E-state index in [-0.39, 0.29) is 0 Å². The summed E-state index contributed by atoms with van der Waals surface area (Å²) in [5.41, 5.74) is 6.64. The molecule has 0 unspecified atom stereocenters. The number of thiazole rings is 1. The molecule has 0 atom stereocenters. The minimum absolute atomic E-state index is 0.564. The lowest BCUT2D eigenvalue weighted by atomic mass is 10.3. The van der Waals surface area contributed by atoms with Crippen LogP contribution in [0.2, 0.25) is 0 Å². The minimum Gasteiger partial charge on any atom is -0.330 e. The average molecular weight is 213 g/mol. The summed E-state index contributed by atoms with van der Waals surface area (Å²) < 4.78 is 0. The first-order valence-electron chi connectivity index (χ1n) is 4.97. The second-order valence-corrected chi connectivity index (χ2v) is 4.72. The van der Waals surface area contributed by atoms with Gasteiger partial charge in [0.15, 0.2) is 0 Å². The van der Waals surface area contributed by atoms with Crippen molar-refractivity contribution in [3.63, 3.8) is 0 Å². The molecule has 0 saturated carbocycles. The van der Waals surface area contributed by atoms with Gasteiger partial charge in [-0.25, -0.2) is 4.98 Å². The second-order valence-electron chi connectivity index (χ2n) is 3.78. The maximum absolute atomic E-state index is 5.48. The van der Waals surface area contributed by atoms with Crippen molar-refractivity contribution in [1.82, 2.24) is 9.88 Å². The van der Waals surface area contributed by atoms with Crippen molar-refractivity contribution in [1.29, 1.82) is 0 Å². The Morgan fingerprint density at radius 2 is 2.29 bits per heavy atom. The van der Waals surface area contributed by atoms with E-state index < -0.39 is 0 Å². The van der Waals surface area contributed by atoms with Crippen molar-refractivity contribution >= 4 is 11.3 Å². The lowest BCUT2D eigenvalue weighted by Gasteiger charge is -2.19. The first-order valence-corrected chi connectivity index (χ1v) is 5.85. The average Bonchev–Trinajstić information content (AvgIpc) is 2.53. The molecule has 3 nitrogen and oxygen atoms in total. The van der Waals surface area contributed by atoms with E-state index >= 15 is 0 Å². The zero-order valence-corrected chi connectivity index (χ0v) is 9.97. The van der Waals surface area contributed by atoms with Gasteiger partial charge in [0.2, 0.25) is 0 Å². The molecule has 1 aromatic heterocycles. The topological polar surface area (TPSA) is 42.1 Å². The van der Waals surface area contributed by atoms with E-state index in [0.29, 0.717) is 12.6 Å². The van der Waals surface area contributed by atoms with Gasteiger partial charge in [-0.1, -0.05) is 0 Å². The summed E-state index contributed by atoms with van der Waals surface area (Å²) in [6.45, 7) is 5.99. The van der Waals surface area contributed by atoms with Crippen LogP contribution in [0.5, 0.6) is 0 Å². The first kappa shape index (κ1) is 11.6. The summed E-state index contributed by atoms with van der Waals surface area (Å²) in [5.74, 6) is 0. The van der Waals surface area contributed by atoms with Crippen LogP contribution in [0.15, 0.2) is 5.38 Å². The zero-order chi connectivity index (χ0) is 10.6. The van der Waals surface area contributed by atoms with Crippen LogP contribution in [0.4, 0.5) is 0 Å². The highest BCUT2D eigenvalue weighted by molar-refractivity contribution is 7.09. The predicted octanol–water partition coefficient (Wildman–Crippen LogP) is 1.48. The molecule has 0 aliphatic rings. The Balaban J connectivity index is 2.50. The van der Waals surface area contributed by atoms with E-state index in [1.165, 1.54) is 0 Å². The van der Waals surface area contributed by atoms with Crippen molar-refractivity contribution < 1.29 is 0 Å². The molecule has 0 aliphatic carbocycles. The van der Waals surface area contributed by atoms with Crippen LogP contribution in [0.1, 0.15) is 24.5 Å². The predicted molar refractivity (Wildman–Crippen MR) is 61.5 cm³/mol. The molecule has 1 heterocycles. The largest absolute Gasteiger partial charge is 0.330 e. The molecule has 0 spiro atoms. The molecule has 1 aromatic rings. The Morgan fingerprint density at radius 3 is 2.86 bits per heavy atom. The third-order valence-electron chi connectivity index (χ3n) is 2.25. The Morgan fingerprint density at radius 1 is 1.57 bits per heavy atom. The van der Waals surface area contributed by atoms with Gasteiger partial charge in [-0.2, -0.15) is 0 Å². The van der Waals surface area contributed by atoms with Crippen LogP contribution in [-0.2, 0) is 13.0 Å². The van der Waals surface area contributed by atoms with Crippen molar-refractivity contribution in [2.45, 2.75) is 32.9 Å². The molecule has 1 rings (SSSR count). The van der Waals surface area contributed by atoms with Crippen LogP contribution in [0.25, 0.3) is 0 Å². The quantitative estimate of drug-likeness (QED) is 0.805. The Bertz CT molecular complexity index is 270. The summed E-state index contributed by atoms with van der Waals surface area (Å²) >= 11 is 1.71. The van der Waals surface area contributed by atoms with Gasteiger partial charge in [0.25, 0.3) is 0 Å². The normalized spacial score (nSPS) is 11.6. The molecule has 0 aromatic carbocycles. The molecular formula is C10H19N3S. The summed E-state index contributed by atoms with van der Waals surface area (Å²) in [6, 6.07) is 0.564. The highest BCUT2D eigenvalue weighted by atomic mass is 32.1. The van der Waals surface area contributed by atoms with Gasteiger partial charge in [-0.3, -0.25) is 4.90 Å². The molecule has 0 bridgehead atoms. The van der Waals surface area contributed by atoms with Gasteiger partial charge >= 0.3 is 0 Å². The number of aromatic nitrogens is 1. The number of nitrogens with zero attached hydrogens (tertiary/aromatic N) is 2. The van der Waals surface area contributed by atoms with E-state index in [0.717, 1.165) is 23.7 Å². The van der Waals surface area contributed by atoms with Gasteiger partial charge in [-0.05, 0) is 27.4 Å². The Kier molecular flexibility index (Phi) is 4.51. The molecule has 14 heavy (non-hydrogen) atoms. The van der Waals surface area contributed by atoms with Crippen LogP contribution < -0.4 is 5.73 Å². The number of hydrogen-bond acceptors (Lipinski definition) is 4. The monoisotopic (exact) mass is 213 g/mol. The maximum Gasteiger partial charge on any atom is 0.0941 e. The second kappa shape index (κ2) is 5.44. The minimum atomic E-state index is 0.564. The number of nitrogens with two attached hydrogens (primary N) is 1. The van der Waals surface area contributed by atoms with Crippen molar-refractivity contribution in [2.75, 3.05) is 13.6 Å². The summed E-state index contributed by atoms with van der Waals surface area (Å²) in [4.78, 5) is 6.80. The van der Waals surface area contributed by atoms with Crippen LogP contribution >= 0.6 is 11.3 Å². The standard InChI is InChI=1S/C10H19N3S/c1-8(2)13(3)6-9-7-14-10(12-9)4-5-11/h7-8H,4-6,11H2,1-3H3. The molecule has 80 valence electrons. The molecule has 0 fully saturated rings. The highest BCUT2D eigenvalue weighted by Crippen LogP contribution is 2.12. The lowest BCUT2D eigenvalue weighted by Crippen LogP contribution is -2.25. The fourth-order valence-electron chi connectivity index (χ4n) is 1.10. The maximum atomic E-state index is 5.48. The SMILES string of the molecule is CC(C)N(C)Cc1csc(CCN)n1. The highest BCUT2D eigenvalue weighted by Gasteiger charge is 2.07.